The van der Waals surface area contributed by atoms with Crippen LogP contribution in [0.2, 0.25) is 0 Å². The van der Waals surface area contributed by atoms with Crippen molar-refractivity contribution in [2.45, 2.75) is 20.3 Å². The Bertz CT molecular complexity index is 571. The first-order valence-electron chi connectivity index (χ1n) is 6.77. The van der Waals surface area contributed by atoms with Gasteiger partial charge in [0.1, 0.15) is 11.7 Å². The van der Waals surface area contributed by atoms with Crippen molar-refractivity contribution in [1.29, 1.82) is 0 Å². The second-order valence-corrected chi connectivity index (χ2v) is 4.57. The molecule has 2 N–H and O–H groups in total. The van der Waals surface area contributed by atoms with Crippen molar-refractivity contribution < 1.29 is 23.9 Å². The third kappa shape index (κ3) is 4.47. The van der Waals surface area contributed by atoms with Crippen LogP contribution in [0.3, 0.4) is 0 Å². The molecule has 7 nitrogen and oxygen atoms in total. The first-order chi connectivity index (χ1) is 10.4. The number of esters is 1. The molecule has 7 heteroatoms. The van der Waals surface area contributed by atoms with Crippen molar-refractivity contribution >= 4 is 29.2 Å². The van der Waals surface area contributed by atoms with Crippen LogP contribution < -0.4 is 15.4 Å². The molecule has 22 heavy (non-hydrogen) atoms. The van der Waals surface area contributed by atoms with Crippen molar-refractivity contribution in [2.24, 2.45) is 5.92 Å². The summed E-state index contributed by atoms with van der Waals surface area (Å²) in [6.07, 6.45) is 0.327. The topological polar surface area (TPSA) is 93.7 Å². The molecule has 1 aromatic rings. The Morgan fingerprint density at radius 2 is 1.86 bits per heavy atom. The Hall–Kier alpha value is -2.57. The van der Waals surface area contributed by atoms with Gasteiger partial charge < -0.3 is 20.1 Å². The van der Waals surface area contributed by atoms with Gasteiger partial charge in [0.15, 0.2) is 0 Å². The lowest BCUT2D eigenvalue weighted by atomic mass is 10.1. The lowest BCUT2D eigenvalue weighted by Crippen LogP contribution is -2.30. The summed E-state index contributed by atoms with van der Waals surface area (Å²) in [6, 6.07) is 4.79. The fourth-order valence-corrected chi connectivity index (χ4v) is 1.90. The van der Waals surface area contributed by atoms with Crippen LogP contribution in [0.5, 0.6) is 5.75 Å². The maximum absolute atomic E-state index is 12.1. The zero-order valence-electron chi connectivity index (χ0n) is 13.1. The van der Waals surface area contributed by atoms with Gasteiger partial charge in [0, 0.05) is 12.6 Å². The fourth-order valence-electron chi connectivity index (χ4n) is 1.90. The third-order valence-electron chi connectivity index (χ3n) is 2.99. The summed E-state index contributed by atoms with van der Waals surface area (Å²) in [5, 5.41) is 5.23. The van der Waals surface area contributed by atoms with Crippen LogP contribution >= 0.6 is 0 Å². The van der Waals surface area contributed by atoms with Gasteiger partial charge in [-0.1, -0.05) is 6.92 Å². The summed E-state index contributed by atoms with van der Waals surface area (Å²) in [4.78, 5) is 34.8. The highest BCUT2D eigenvalue weighted by Crippen LogP contribution is 2.28. The molecule has 120 valence electrons. The van der Waals surface area contributed by atoms with Crippen LogP contribution in [0.4, 0.5) is 11.4 Å². The Labute approximate surface area is 129 Å². The summed E-state index contributed by atoms with van der Waals surface area (Å²) >= 11 is 0. The molecule has 1 aromatic carbocycles. The van der Waals surface area contributed by atoms with Crippen LogP contribution in [-0.4, -0.2) is 32.0 Å². The predicted octanol–water partition coefficient (Wildman–Crippen LogP) is 1.79. The quantitative estimate of drug-likeness (QED) is 0.617. The molecule has 0 aliphatic carbocycles. The van der Waals surface area contributed by atoms with E-state index in [1.165, 1.54) is 21.1 Å². The second-order valence-electron chi connectivity index (χ2n) is 4.57. The number of amides is 2. The van der Waals surface area contributed by atoms with Gasteiger partial charge in [0.2, 0.25) is 11.8 Å². The van der Waals surface area contributed by atoms with E-state index < -0.39 is 17.8 Å². The molecular formula is C15H20N2O5. The van der Waals surface area contributed by atoms with Crippen molar-refractivity contribution in [3.05, 3.63) is 18.2 Å². The number of rotatable bonds is 6. The van der Waals surface area contributed by atoms with Crippen molar-refractivity contribution in [3.63, 3.8) is 0 Å². The zero-order chi connectivity index (χ0) is 16.7. The van der Waals surface area contributed by atoms with Gasteiger partial charge in [-0.05, 0) is 24.6 Å². The van der Waals surface area contributed by atoms with Gasteiger partial charge in [-0.3, -0.25) is 14.4 Å². The average molecular weight is 308 g/mol. The molecule has 2 amide bonds. The van der Waals surface area contributed by atoms with E-state index in [1.54, 1.807) is 25.1 Å². The van der Waals surface area contributed by atoms with Gasteiger partial charge >= 0.3 is 5.97 Å². The Morgan fingerprint density at radius 3 is 2.36 bits per heavy atom. The summed E-state index contributed by atoms with van der Waals surface area (Å²) in [6.45, 7) is 3.09. The van der Waals surface area contributed by atoms with Gasteiger partial charge in [-0.2, -0.15) is 0 Å². The predicted molar refractivity (Wildman–Crippen MR) is 81.7 cm³/mol. The normalized spacial score (nSPS) is 11.3. The van der Waals surface area contributed by atoms with Crippen molar-refractivity contribution in [1.82, 2.24) is 0 Å². The maximum Gasteiger partial charge on any atom is 0.318 e. The summed E-state index contributed by atoms with van der Waals surface area (Å²) in [5.74, 6) is -1.73. The Kier molecular flexibility index (Phi) is 6.37. The molecule has 0 aliphatic heterocycles. The van der Waals surface area contributed by atoms with Crippen LogP contribution in [0.1, 0.15) is 20.3 Å². The number of benzene rings is 1. The molecule has 0 aliphatic rings. The number of ether oxygens (including phenoxy) is 2. The van der Waals surface area contributed by atoms with Gasteiger partial charge in [0.25, 0.3) is 0 Å². The van der Waals surface area contributed by atoms with E-state index in [2.05, 4.69) is 15.4 Å². The minimum absolute atomic E-state index is 0.261. The summed E-state index contributed by atoms with van der Waals surface area (Å²) < 4.78 is 9.73. The molecule has 0 radical (unpaired) electrons. The van der Waals surface area contributed by atoms with E-state index in [9.17, 15) is 14.4 Å². The average Bonchev–Trinajstić information content (AvgIpc) is 2.47. The molecule has 0 fully saturated rings. The maximum atomic E-state index is 12.1. The number of carbonyl (C=O) groups is 3. The molecule has 1 rings (SSSR count). The second kappa shape index (κ2) is 8.02. The smallest absolute Gasteiger partial charge is 0.318 e. The molecular weight excluding hydrogens is 288 g/mol. The summed E-state index contributed by atoms with van der Waals surface area (Å²) in [7, 11) is 2.71. The van der Waals surface area contributed by atoms with E-state index in [4.69, 9.17) is 4.74 Å². The van der Waals surface area contributed by atoms with E-state index >= 15 is 0 Å². The number of hydrogen-bond acceptors (Lipinski definition) is 5. The standard InChI is InChI=1S/C15H20N2O5/c1-5-11(15(20)22-4)14(19)17-10-6-7-13(21-3)12(8-10)16-9(2)18/h6-8,11H,5H2,1-4H3,(H,16,18)(H,17,19)/t11-/m1/s1. The van der Waals surface area contributed by atoms with Crippen LogP contribution in [-0.2, 0) is 19.1 Å². The van der Waals surface area contributed by atoms with Gasteiger partial charge in [-0.15, -0.1) is 0 Å². The Morgan fingerprint density at radius 1 is 1.18 bits per heavy atom. The highest BCUT2D eigenvalue weighted by molar-refractivity contribution is 6.05. The van der Waals surface area contributed by atoms with Crippen LogP contribution in [0.25, 0.3) is 0 Å². The molecule has 0 unspecified atom stereocenters. The first-order valence-corrected chi connectivity index (χ1v) is 6.77. The van der Waals surface area contributed by atoms with Gasteiger partial charge in [-0.25, -0.2) is 0 Å². The highest BCUT2D eigenvalue weighted by Gasteiger charge is 2.25. The van der Waals surface area contributed by atoms with Crippen LogP contribution in [0.15, 0.2) is 18.2 Å². The molecule has 0 saturated heterocycles. The highest BCUT2D eigenvalue weighted by atomic mass is 16.5. The number of methoxy groups -OCH3 is 2. The van der Waals surface area contributed by atoms with Gasteiger partial charge in [0.05, 0.1) is 19.9 Å². The lowest BCUT2D eigenvalue weighted by Gasteiger charge is -2.15. The molecule has 0 aromatic heterocycles. The molecule has 0 heterocycles. The fraction of sp³-hybridized carbons (Fsp3) is 0.400. The number of hydrogen-bond donors (Lipinski definition) is 2. The minimum Gasteiger partial charge on any atom is -0.495 e. The minimum atomic E-state index is -0.878. The number of anilines is 2. The lowest BCUT2D eigenvalue weighted by molar-refractivity contribution is -0.148. The van der Waals surface area contributed by atoms with E-state index in [0.29, 0.717) is 23.5 Å². The monoisotopic (exact) mass is 308 g/mol. The molecule has 1 atom stereocenters. The third-order valence-corrected chi connectivity index (χ3v) is 2.99. The van der Waals surface area contributed by atoms with Crippen molar-refractivity contribution in [2.75, 3.05) is 24.9 Å². The first kappa shape index (κ1) is 17.5. The largest absolute Gasteiger partial charge is 0.495 e. The zero-order valence-corrected chi connectivity index (χ0v) is 13.1. The molecule has 0 bridgehead atoms. The SMILES string of the molecule is CC[C@H](C(=O)Nc1ccc(OC)c(NC(C)=O)c1)C(=O)OC. The molecule has 0 spiro atoms. The van der Waals surface area contributed by atoms with E-state index in [0.717, 1.165) is 0 Å². The summed E-state index contributed by atoms with van der Waals surface area (Å²) in [5.41, 5.74) is 0.871. The number of nitrogens with one attached hydrogen (secondary N) is 2. The van der Waals surface area contributed by atoms with E-state index in [-0.39, 0.29) is 5.91 Å². The van der Waals surface area contributed by atoms with Crippen molar-refractivity contribution in [3.8, 4) is 5.75 Å². The van der Waals surface area contributed by atoms with E-state index in [1.807, 2.05) is 0 Å². The Balaban J connectivity index is 2.95. The van der Waals surface area contributed by atoms with Crippen LogP contribution in [0, 0.1) is 5.92 Å². The number of carbonyl (C=O) groups excluding carboxylic acids is 3. The molecule has 0 saturated carbocycles.